The molecule has 0 saturated carbocycles. The SMILES string of the molecule is Cc1nc(-c2ccsc2C)c(C)c(=O)[nH]1. The highest BCUT2D eigenvalue weighted by Gasteiger charge is 2.10. The van der Waals surface area contributed by atoms with E-state index in [4.69, 9.17) is 0 Å². The van der Waals surface area contributed by atoms with E-state index in [0.717, 1.165) is 11.3 Å². The first-order chi connectivity index (χ1) is 7.09. The van der Waals surface area contributed by atoms with Crippen molar-refractivity contribution in [2.75, 3.05) is 0 Å². The number of H-pyrrole nitrogens is 1. The van der Waals surface area contributed by atoms with Crippen LogP contribution in [0.25, 0.3) is 11.3 Å². The molecule has 0 aromatic carbocycles. The zero-order chi connectivity index (χ0) is 11.0. The Labute approximate surface area is 91.8 Å². The van der Waals surface area contributed by atoms with E-state index in [0.29, 0.717) is 11.4 Å². The molecule has 2 aromatic rings. The summed E-state index contributed by atoms with van der Waals surface area (Å²) in [4.78, 5) is 19.9. The molecule has 0 aliphatic carbocycles. The van der Waals surface area contributed by atoms with E-state index in [1.807, 2.05) is 18.4 Å². The van der Waals surface area contributed by atoms with Crippen LogP contribution in [0.3, 0.4) is 0 Å². The van der Waals surface area contributed by atoms with Gasteiger partial charge in [0.25, 0.3) is 5.56 Å². The summed E-state index contributed by atoms with van der Waals surface area (Å²) in [5.41, 5.74) is 2.49. The number of nitrogens with one attached hydrogen (secondary N) is 1. The zero-order valence-electron chi connectivity index (χ0n) is 8.92. The highest BCUT2D eigenvalue weighted by molar-refractivity contribution is 7.10. The molecule has 2 rings (SSSR count). The summed E-state index contributed by atoms with van der Waals surface area (Å²) in [6, 6.07) is 2.01. The number of nitrogens with zero attached hydrogens (tertiary/aromatic N) is 1. The molecule has 0 saturated heterocycles. The third-order valence-corrected chi connectivity index (χ3v) is 3.23. The molecular weight excluding hydrogens is 208 g/mol. The maximum Gasteiger partial charge on any atom is 0.254 e. The van der Waals surface area contributed by atoms with Gasteiger partial charge in [-0.1, -0.05) is 0 Å². The predicted octanol–water partition coefficient (Wildman–Crippen LogP) is 2.42. The molecule has 0 aliphatic rings. The molecule has 0 atom stereocenters. The summed E-state index contributed by atoms with van der Waals surface area (Å²) in [5, 5.41) is 2.02. The molecule has 78 valence electrons. The second-order valence-corrected chi connectivity index (χ2v) is 4.64. The number of thiophene rings is 1. The van der Waals surface area contributed by atoms with Crippen LogP contribution in [-0.2, 0) is 0 Å². The molecule has 0 unspecified atom stereocenters. The van der Waals surface area contributed by atoms with Crippen molar-refractivity contribution in [3.05, 3.63) is 38.1 Å². The molecule has 0 spiro atoms. The molecule has 0 radical (unpaired) electrons. The summed E-state index contributed by atoms with van der Waals surface area (Å²) in [5.74, 6) is 0.659. The Morgan fingerprint density at radius 1 is 1.33 bits per heavy atom. The van der Waals surface area contributed by atoms with E-state index >= 15 is 0 Å². The first-order valence-corrected chi connectivity index (χ1v) is 5.59. The maximum atomic E-state index is 11.6. The second-order valence-electron chi connectivity index (χ2n) is 3.52. The minimum absolute atomic E-state index is 0.0527. The smallest absolute Gasteiger partial charge is 0.254 e. The van der Waals surface area contributed by atoms with Crippen LogP contribution in [0, 0.1) is 20.8 Å². The van der Waals surface area contributed by atoms with Gasteiger partial charge in [0.15, 0.2) is 0 Å². The Morgan fingerprint density at radius 3 is 2.67 bits per heavy atom. The van der Waals surface area contributed by atoms with Crippen molar-refractivity contribution >= 4 is 11.3 Å². The number of aryl methyl sites for hydroxylation is 2. The molecular formula is C11H12N2OS. The molecule has 2 heterocycles. The Bertz CT molecular complexity index is 554. The number of rotatable bonds is 1. The van der Waals surface area contributed by atoms with Crippen LogP contribution in [-0.4, -0.2) is 9.97 Å². The van der Waals surface area contributed by atoms with Crippen LogP contribution in [0.1, 0.15) is 16.3 Å². The molecule has 2 aromatic heterocycles. The molecule has 15 heavy (non-hydrogen) atoms. The van der Waals surface area contributed by atoms with Crippen LogP contribution in [0.2, 0.25) is 0 Å². The molecule has 1 N–H and O–H groups in total. The van der Waals surface area contributed by atoms with Crippen molar-refractivity contribution in [3.63, 3.8) is 0 Å². The fourth-order valence-electron chi connectivity index (χ4n) is 1.54. The lowest BCUT2D eigenvalue weighted by Gasteiger charge is -2.04. The second kappa shape index (κ2) is 3.62. The lowest BCUT2D eigenvalue weighted by Crippen LogP contribution is -2.14. The highest BCUT2D eigenvalue weighted by atomic mass is 32.1. The molecule has 3 nitrogen and oxygen atoms in total. The van der Waals surface area contributed by atoms with Gasteiger partial charge in [-0.2, -0.15) is 0 Å². The van der Waals surface area contributed by atoms with Gasteiger partial charge in [-0.25, -0.2) is 4.98 Å². The van der Waals surface area contributed by atoms with Crippen molar-refractivity contribution < 1.29 is 0 Å². The Hall–Kier alpha value is -1.42. The fourth-order valence-corrected chi connectivity index (χ4v) is 2.24. The van der Waals surface area contributed by atoms with E-state index in [9.17, 15) is 4.79 Å². The summed E-state index contributed by atoms with van der Waals surface area (Å²) >= 11 is 1.67. The van der Waals surface area contributed by atoms with Crippen molar-refractivity contribution in [1.82, 2.24) is 9.97 Å². The number of hydrogen-bond acceptors (Lipinski definition) is 3. The van der Waals surface area contributed by atoms with Crippen LogP contribution in [0.4, 0.5) is 0 Å². The van der Waals surface area contributed by atoms with Crippen molar-refractivity contribution in [2.45, 2.75) is 20.8 Å². The van der Waals surface area contributed by atoms with E-state index in [2.05, 4.69) is 9.97 Å². The monoisotopic (exact) mass is 220 g/mol. The summed E-state index contributed by atoms with van der Waals surface area (Å²) in [6.07, 6.45) is 0. The van der Waals surface area contributed by atoms with Gasteiger partial charge in [-0.15, -0.1) is 11.3 Å². The van der Waals surface area contributed by atoms with Crippen LogP contribution < -0.4 is 5.56 Å². The highest BCUT2D eigenvalue weighted by Crippen LogP contribution is 2.26. The Kier molecular flexibility index (Phi) is 2.44. The van der Waals surface area contributed by atoms with Crippen molar-refractivity contribution in [2.24, 2.45) is 0 Å². The number of hydrogen-bond donors (Lipinski definition) is 1. The molecule has 4 heteroatoms. The lowest BCUT2D eigenvalue weighted by atomic mass is 10.1. The molecule has 0 aliphatic heterocycles. The number of aromatic amines is 1. The lowest BCUT2D eigenvalue weighted by molar-refractivity contribution is 0.999. The quantitative estimate of drug-likeness (QED) is 0.802. The average Bonchev–Trinajstić information content (AvgIpc) is 2.58. The van der Waals surface area contributed by atoms with Crippen LogP contribution in [0.5, 0.6) is 0 Å². The van der Waals surface area contributed by atoms with Crippen molar-refractivity contribution in [1.29, 1.82) is 0 Å². The summed E-state index contributed by atoms with van der Waals surface area (Å²) in [7, 11) is 0. The van der Waals surface area contributed by atoms with Gasteiger partial charge in [0, 0.05) is 16.0 Å². The van der Waals surface area contributed by atoms with Gasteiger partial charge in [-0.05, 0) is 32.2 Å². The van der Waals surface area contributed by atoms with Gasteiger partial charge in [0.1, 0.15) is 5.82 Å². The van der Waals surface area contributed by atoms with Crippen LogP contribution >= 0.6 is 11.3 Å². The third-order valence-electron chi connectivity index (χ3n) is 2.38. The van der Waals surface area contributed by atoms with E-state index < -0.39 is 0 Å². The summed E-state index contributed by atoms with van der Waals surface area (Å²) in [6.45, 7) is 5.64. The van der Waals surface area contributed by atoms with Crippen LogP contribution in [0.15, 0.2) is 16.2 Å². The topological polar surface area (TPSA) is 45.8 Å². The maximum absolute atomic E-state index is 11.6. The average molecular weight is 220 g/mol. The van der Waals surface area contributed by atoms with Gasteiger partial charge >= 0.3 is 0 Å². The third kappa shape index (κ3) is 1.72. The molecule has 0 amide bonds. The minimum Gasteiger partial charge on any atom is -0.311 e. The van der Waals surface area contributed by atoms with E-state index in [1.165, 1.54) is 4.88 Å². The van der Waals surface area contributed by atoms with E-state index in [-0.39, 0.29) is 5.56 Å². The van der Waals surface area contributed by atoms with Gasteiger partial charge in [-0.3, -0.25) is 4.79 Å². The zero-order valence-corrected chi connectivity index (χ0v) is 9.73. The van der Waals surface area contributed by atoms with Crippen molar-refractivity contribution in [3.8, 4) is 11.3 Å². The first-order valence-electron chi connectivity index (χ1n) is 4.71. The standard InChI is InChI=1S/C11H12N2OS/c1-6-10(9-4-5-15-7(9)2)12-8(3)13-11(6)14/h4-5H,1-3H3,(H,12,13,14). The van der Waals surface area contributed by atoms with E-state index in [1.54, 1.807) is 25.2 Å². The minimum atomic E-state index is -0.0527. The number of aromatic nitrogens is 2. The van der Waals surface area contributed by atoms with Gasteiger partial charge in [0.05, 0.1) is 5.69 Å². The Balaban J connectivity index is 2.73. The largest absolute Gasteiger partial charge is 0.311 e. The normalized spacial score (nSPS) is 10.6. The molecule has 0 bridgehead atoms. The summed E-state index contributed by atoms with van der Waals surface area (Å²) < 4.78 is 0. The predicted molar refractivity (Wildman–Crippen MR) is 62.4 cm³/mol. The van der Waals surface area contributed by atoms with Gasteiger partial charge < -0.3 is 4.98 Å². The first kappa shape index (κ1) is 10.1. The van der Waals surface area contributed by atoms with Gasteiger partial charge in [0.2, 0.25) is 0 Å². The fraction of sp³-hybridized carbons (Fsp3) is 0.273. The Morgan fingerprint density at radius 2 is 2.07 bits per heavy atom. The molecule has 0 fully saturated rings.